The molecule has 0 aromatic heterocycles. The van der Waals surface area contributed by atoms with Crippen molar-refractivity contribution in [3.8, 4) is 11.5 Å². The molecule has 2 aromatic rings. The summed E-state index contributed by atoms with van der Waals surface area (Å²) >= 11 is 0. The van der Waals surface area contributed by atoms with Gasteiger partial charge in [0, 0.05) is 11.1 Å². The Morgan fingerprint density at radius 1 is 1.04 bits per heavy atom. The van der Waals surface area contributed by atoms with Crippen LogP contribution in [0.15, 0.2) is 47.6 Å². The van der Waals surface area contributed by atoms with Gasteiger partial charge in [-0.1, -0.05) is 24.3 Å². The first-order chi connectivity index (χ1) is 11.7. The van der Waals surface area contributed by atoms with E-state index in [1.54, 1.807) is 32.4 Å². The second-order valence-electron chi connectivity index (χ2n) is 5.58. The number of ether oxygens (including phenoxy) is 2. The number of rotatable bonds is 4. The van der Waals surface area contributed by atoms with Gasteiger partial charge in [0.15, 0.2) is 11.5 Å². The summed E-state index contributed by atoms with van der Waals surface area (Å²) in [5, 5.41) is 4.34. The Kier molecular flexibility index (Phi) is 4.79. The van der Waals surface area contributed by atoms with Crippen molar-refractivity contribution < 1.29 is 14.3 Å². The van der Waals surface area contributed by atoms with Gasteiger partial charge < -0.3 is 9.47 Å². The highest BCUT2D eigenvalue weighted by Gasteiger charge is 2.16. The lowest BCUT2D eigenvalue weighted by molar-refractivity contribution is 0.0954. The molecule has 5 heteroatoms. The smallest absolute Gasteiger partial charge is 0.271 e. The second kappa shape index (κ2) is 7.17. The third-order valence-corrected chi connectivity index (χ3v) is 4.13. The number of carbonyl (C=O) groups excluding carboxylic acids is 1. The van der Waals surface area contributed by atoms with Gasteiger partial charge in [-0.15, -0.1) is 0 Å². The molecule has 1 amide bonds. The zero-order chi connectivity index (χ0) is 16.9. The normalized spacial score (nSPS) is 14.8. The number of amides is 1. The molecule has 0 saturated carbocycles. The average Bonchev–Trinajstić information content (AvgIpc) is 2.65. The minimum atomic E-state index is -0.272. The standard InChI is InChI=1S/C19H20N2O3/c1-23-17-11-10-14(12-18(17)24-2)19(22)21-20-16-9-5-7-13-6-3-4-8-15(13)16/h3-4,6,8,10-12H,5,7,9H2,1-2H3,(H,21,22)/b20-16+. The van der Waals surface area contributed by atoms with E-state index in [4.69, 9.17) is 9.47 Å². The van der Waals surface area contributed by atoms with Gasteiger partial charge in [0.05, 0.1) is 19.9 Å². The molecule has 2 aromatic carbocycles. The molecule has 3 rings (SSSR count). The number of benzene rings is 2. The number of nitrogens with one attached hydrogen (secondary N) is 1. The molecule has 1 N–H and O–H groups in total. The van der Waals surface area contributed by atoms with E-state index in [9.17, 15) is 4.79 Å². The summed E-state index contributed by atoms with van der Waals surface area (Å²) in [4.78, 5) is 12.4. The summed E-state index contributed by atoms with van der Waals surface area (Å²) in [5.74, 6) is 0.828. The van der Waals surface area contributed by atoms with Gasteiger partial charge in [-0.3, -0.25) is 4.79 Å². The van der Waals surface area contributed by atoms with Crippen molar-refractivity contribution in [2.75, 3.05) is 14.2 Å². The fourth-order valence-electron chi connectivity index (χ4n) is 2.88. The number of aryl methyl sites for hydroxylation is 1. The van der Waals surface area contributed by atoms with Crippen LogP contribution in [-0.4, -0.2) is 25.8 Å². The van der Waals surface area contributed by atoms with Crippen LogP contribution < -0.4 is 14.9 Å². The average molecular weight is 324 g/mol. The maximum Gasteiger partial charge on any atom is 0.271 e. The molecule has 124 valence electrons. The molecule has 0 saturated heterocycles. The van der Waals surface area contributed by atoms with Crippen molar-refractivity contribution in [3.05, 3.63) is 59.2 Å². The monoisotopic (exact) mass is 324 g/mol. The van der Waals surface area contributed by atoms with Gasteiger partial charge in [0.1, 0.15) is 0 Å². The van der Waals surface area contributed by atoms with E-state index in [1.807, 2.05) is 12.1 Å². The van der Waals surface area contributed by atoms with Gasteiger partial charge in [-0.25, -0.2) is 5.43 Å². The molecule has 0 bridgehead atoms. The van der Waals surface area contributed by atoms with E-state index in [0.29, 0.717) is 17.1 Å². The summed E-state index contributed by atoms with van der Waals surface area (Å²) < 4.78 is 10.4. The molecule has 0 fully saturated rings. The lowest BCUT2D eigenvalue weighted by Crippen LogP contribution is -2.22. The molecule has 1 aliphatic carbocycles. The molecule has 5 nitrogen and oxygen atoms in total. The number of methoxy groups -OCH3 is 2. The van der Waals surface area contributed by atoms with Gasteiger partial charge >= 0.3 is 0 Å². The highest BCUT2D eigenvalue weighted by Crippen LogP contribution is 2.27. The highest BCUT2D eigenvalue weighted by molar-refractivity contribution is 6.04. The Morgan fingerprint density at radius 2 is 1.83 bits per heavy atom. The van der Waals surface area contributed by atoms with Crippen molar-refractivity contribution in [1.29, 1.82) is 0 Å². The van der Waals surface area contributed by atoms with Crippen LogP contribution in [0.3, 0.4) is 0 Å². The molecule has 0 spiro atoms. The molecular weight excluding hydrogens is 304 g/mol. The lowest BCUT2D eigenvalue weighted by atomic mass is 9.90. The summed E-state index contributed by atoms with van der Waals surface area (Å²) in [6.45, 7) is 0. The van der Waals surface area contributed by atoms with Crippen LogP contribution >= 0.6 is 0 Å². The minimum Gasteiger partial charge on any atom is -0.493 e. The second-order valence-corrected chi connectivity index (χ2v) is 5.58. The van der Waals surface area contributed by atoms with Gasteiger partial charge in [-0.05, 0) is 43.0 Å². The van der Waals surface area contributed by atoms with Crippen molar-refractivity contribution in [3.63, 3.8) is 0 Å². The SMILES string of the molecule is COc1ccc(C(=O)N/N=C2\CCCc3ccccc32)cc1OC. The summed E-state index contributed by atoms with van der Waals surface area (Å²) in [6.07, 6.45) is 2.96. The zero-order valence-electron chi connectivity index (χ0n) is 13.8. The molecule has 24 heavy (non-hydrogen) atoms. The Hall–Kier alpha value is -2.82. The molecule has 0 atom stereocenters. The predicted octanol–water partition coefficient (Wildman–Crippen LogP) is 3.17. The Balaban J connectivity index is 1.79. The fourth-order valence-corrected chi connectivity index (χ4v) is 2.88. The van der Waals surface area contributed by atoms with E-state index in [2.05, 4.69) is 22.7 Å². The summed E-state index contributed by atoms with van der Waals surface area (Å²) in [7, 11) is 3.10. The predicted molar refractivity (Wildman–Crippen MR) is 92.9 cm³/mol. The summed E-state index contributed by atoms with van der Waals surface area (Å²) in [6, 6.07) is 13.2. The summed E-state index contributed by atoms with van der Waals surface area (Å²) in [5.41, 5.74) is 6.45. The van der Waals surface area contributed by atoms with Crippen molar-refractivity contribution in [2.24, 2.45) is 5.10 Å². The van der Waals surface area contributed by atoms with Crippen LogP contribution in [0.4, 0.5) is 0 Å². The first-order valence-electron chi connectivity index (χ1n) is 7.90. The zero-order valence-corrected chi connectivity index (χ0v) is 13.8. The highest BCUT2D eigenvalue weighted by atomic mass is 16.5. The molecule has 0 unspecified atom stereocenters. The number of hydrogen-bond acceptors (Lipinski definition) is 4. The van der Waals surface area contributed by atoms with E-state index in [0.717, 1.165) is 30.5 Å². The number of hydrogen-bond donors (Lipinski definition) is 1. The van der Waals surface area contributed by atoms with Crippen molar-refractivity contribution in [2.45, 2.75) is 19.3 Å². The van der Waals surface area contributed by atoms with Crippen LogP contribution in [-0.2, 0) is 6.42 Å². The third kappa shape index (κ3) is 3.25. The number of fused-ring (bicyclic) bond motifs is 1. The largest absolute Gasteiger partial charge is 0.493 e. The van der Waals surface area contributed by atoms with Crippen LogP contribution in [0.1, 0.15) is 34.3 Å². The molecular formula is C19H20N2O3. The van der Waals surface area contributed by atoms with Crippen LogP contribution in [0.5, 0.6) is 11.5 Å². The quantitative estimate of drug-likeness (QED) is 0.879. The first-order valence-corrected chi connectivity index (χ1v) is 7.90. The van der Waals surface area contributed by atoms with Gasteiger partial charge in [-0.2, -0.15) is 5.10 Å². The van der Waals surface area contributed by atoms with Gasteiger partial charge in [0.25, 0.3) is 5.91 Å². The first kappa shape index (κ1) is 16.1. The number of hydrazone groups is 1. The Bertz CT molecular complexity index is 784. The Labute approximate surface area is 141 Å². The van der Waals surface area contributed by atoms with Crippen molar-refractivity contribution >= 4 is 11.6 Å². The number of nitrogens with zero attached hydrogens (tertiary/aromatic N) is 1. The van der Waals surface area contributed by atoms with Crippen molar-refractivity contribution in [1.82, 2.24) is 5.43 Å². The maximum atomic E-state index is 12.4. The lowest BCUT2D eigenvalue weighted by Gasteiger charge is -2.17. The van der Waals surface area contributed by atoms with Crippen LogP contribution in [0.2, 0.25) is 0 Å². The van der Waals surface area contributed by atoms with Crippen LogP contribution in [0, 0.1) is 0 Å². The third-order valence-electron chi connectivity index (χ3n) is 4.13. The number of carbonyl (C=O) groups is 1. The molecule has 0 aliphatic heterocycles. The Morgan fingerprint density at radius 3 is 2.62 bits per heavy atom. The van der Waals surface area contributed by atoms with E-state index >= 15 is 0 Å². The van der Waals surface area contributed by atoms with E-state index in [1.165, 1.54) is 5.56 Å². The van der Waals surface area contributed by atoms with Gasteiger partial charge in [0.2, 0.25) is 0 Å². The topological polar surface area (TPSA) is 59.9 Å². The fraction of sp³-hybridized carbons (Fsp3) is 0.263. The van der Waals surface area contributed by atoms with Crippen LogP contribution in [0.25, 0.3) is 0 Å². The molecule has 0 radical (unpaired) electrons. The maximum absolute atomic E-state index is 12.4. The van der Waals surface area contributed by atoms with E-state index < -0.39 is 0 Å². The van der Waals surface area contributed by atoms with E-state index in [-0.39, 0.29) is 5.91 Å². The molecule has 0 heterocycles. The minimum absolute atomic E-state index is 0.272. The molecule has 1 aliphatic rings.